The van der Waals surface area contributed by atoms with Crippen molar-refractivity contribution in [2.75, 3.05) is 0 Å². The Morgan fingerprint density at radius 3 is 2.50 bits per heavy atom. The lowest BCUT2D eigenvalue weighted by atomic mass is 9.97. The van der Waals surface area contributed by atoms with Gasteiger partial charge in [0.05, 0.1) is 0 Å². The Morgan fingerprint density at radius 2 is 1.83 bits per heavy atom. The number of hydrogen-bond acceptors (Lipinski definition) is 2. The molecule has 0 aliphatic carbocycles. The Kier molecular flexibility index (Phi) is 7.70. The molecule has 102 valence electrons. The van der Waals surface area contributed by atoms with Crippen molar-refractivity contribution < 1.29 is 0 Å². The van der Waals surface area contributed by atoms with Crippen molar-refractivity contribution in [1.29, 1.82) is 0 Å². The standard InChI is InChI=1S/C16H28N2/c1-3-4-5-6-7-12-16(18-17)13-15-11-9-8-10-14(15)2/h8-11,16,18H,3-7,12-13,17H2,1-2H3. The second kappa shape index (κ2) is 9.12. The molecule has 0 bridgehead atoms. The van der Waals surface area contributed by atoms with Crippen molar-refractivity contribution in [1.82, 2.24) is 5.43 Å². The second-order valence-corrected chi connectivity index (χ2v) is 5.20. The normalized spacial score (nSPS) is 12.6. The van der Waals surface area contributed by atoms with Gasteiger partial charge in [-0.1, -0.05) is 63.3 Å². The van der Waals surface area contributed by atoms with Crippen LogP contribution in [-0.2, 0) is 6.42 Å². The van der Waals surface area contributed by atoms with Crippen LogP contribution in [-0.4, -0.2) is 6.04 Å². The highest BCUT2D eigenvalue weighted by Crippen LogP contribution is 2.13. The zero-order valence-electron chi connectivity index (χ0n) is 11.9. The van der Waals surface area contributed by atoms with Crippen LogP contribution in [0, 0.1) is 6.92 Å². The molecule has 0 aliphatic rings. The number of nitrogens with one attached hydrogen (secondary N) is 1. The molecule has 18 heavy (non-hydrogen) atoms. The molecule has 0 saturated heterocycles. The number of aryl methyl sites for hydroxylation is 1. The quantitative estimate of drug-likeness (QED) is 0.397. The lowest BCUT2D eigenvalue weighted by Gasteiger charge is -2.17. The molecule has 1 atom stereocenters. The second-order valence-electron chi connectivity index (χ2n) is 5.20. The first-order valence-corrected chi connectivity index (χ1v) is 7.28. The van der Waals surface area contributed by atoms with E-state index >= 15 is 0 Å². The fourth-order valence-corrected chi connectivity index (χ4v) is 2.34. The van der Waals surface area contributed by atoms with E-state index in [4.69, 9.17) is 5.84 Å². The van der Waals surface area contributed by atoms with Gasteiger partial charge in [0, 0.05) is 6.04 Å². The van der Waals surface area contributed by atoms with E-state index in [1.807, 2.05) is 0 Å². The average molecular weight is 248 g/mol. The molecule has 0 aliphatic heterocycles. The summed E-state index contributed by atoms with van der Waals surface area (Å²) in [5.74, 6) is 5.66. The summed E-state index contributed by atoms with van der Waals surface area (Å²) in [5, 5.41) is 0. The molecule has 1 unspecified atom stereocenters. The molecule has 0 radical (unpaired) electrons. The summed E-state index contributed by atoms with van der Waals surface area (Å²) in [7, 11) is 0. The Labute approximate surface area is 112 Å². The SMILES string of the molecule is CCCCCCCC(Cc1ccccc1C)NN. The first-order chi connectivity index (χ1) is 8.77. The molecule has 0 heterocycles. The van der Waals surface area contributed by atoms with Crippen LogP contribution >= 0.6 is 0 Å². The van der Waals surface area contributed by atoms with E-state index in [1.54, 1.807) is 0 Å². The monoisotopic (exact) mass is 248 g/mol. The van der Waals surface area contributed by atoms with E-state index in [0.717, 1.165) is 6.42 Å². The lowest BCUT2D eigenvalue weighted by molar-refractivity contribution is 0.460. The summed E-state index contributed by atoms with van der Waals surface area (Å²) in [6.45, 7) is 4.42. The summed E-state index contributed by atoms with van der Waals surface area (Å²) in [6.07, 6.45) is 8.85. The smallest absolute Gasteiger partial charge is 0.0251 e. The van der Waals surface area contributed by atoms with Gasteiger partial charge in [0.2, 0.25) is 0 Å². The molecule has 2 nitrogen and oxygen atoms in total. The minimum Gasteiger partial charge on any atom is -0.271 e. The molecule has 0 amide bonds. The van der Waals surface area contributed by atoms with Crippen LogP contribution < -0.4 is 11.3 Å². The van der Waals surface area contributed by atoms with Crippen LogP contribution in [0.4, 0.5) is 0 Å². The van der Waals surface area contributed by atoms with Gasteiger partial charge < -0.3 is 0 Å². The Bertz CT molecular complexity index is 323. The highest BCUT2D eigenvalue weighted by Gasteiger charge is 2.08. The van der Waals surface area contributed by atoms with E-state index in [2.05, 4.69) is 43.5 Å². The number of nitrogens with two attached hydrogens (primary N) is 1. The third kappa shape index (κ3) is 5.65. The van der Waals surface area contributed by atoms with Crippen molar-refractivity contribution in [3.05, 3.63) is 35.4 Å². The molecule has 0 aromatic heterocycles. The van der Waals surface area contributed by atoms with Crippen LogP contribution in [0.3, 0.4) is 0 Å². The van der Waals surface area contributed by atoms with Gasteiger partial charge in [-0.05, 0) is 30.9 Å². The molecular formula is C16H28N2. The molecule has 0 fully saturated rings. The summed E-state index contributed by atoms with van der Waals surface area (Å²) in [6, 6.07) is 8.99. The maximum Gasteiger partial charge on any atom is 0.0251 e. The van der Waals surface area contributed by atoms with E-state index in [-0.39, 0.29) is 0 Å². The van der Waals surface area contributed by atoms with E-state index in [9.17, 15) is 0 Å². The van der Waals surface area contributed by atoms with Crippen LogP contribution in [0.1, 0.15) is 56.6 Å². The Morgan fingerprint density at radius 1 is 1.11 bits per heavy atom. The van der Waals surface area contributed by atoms with Crippen molar-refractivity contribution in [3.8, 4) is 0 Å². The molecule has 1 aromatic rings. The van der Waals surface area contributed by atoms with Crippen LogP contribution in [0.5, 0.6) is 0 Å². The zero-order valence-corrected chi connectivity index (χ0v) is 11.9. The van der Waals surface area contributed by atoms with Gasteiger partial charge in [0.15, 0.2) is 0 Å². The molecule has 0 spiro atoms. The van der Waals surface area contributed by atoms with Crippen molar-refractivity contribution in [2.45, 2.75) is 64.8 Å². The molecular weight excluding hydrogens is 220 g/mol. The molecule has 2 heteroatoms. The molecule has 0 saturated carbocycles. The number of rotatable bonds is 9. The van der Waals surface area contributed by atoms with Crippen LogP contribution in [0.25, 0.3) is 0 Å². The van der Waals surface area contributed by atoms with Gasteiger partial charge in [-0.15, -0.1) is 0 Å². The van der Waals surface area contributed by atoms with E-state index in [1.165, 1.54) is 49.7 Å². The minimum absolute atomic E-state index is 0.410. The fourth-order valence-electron chi connectivity index (χ4n) is 2.34. The average Bonchev–Trinajstić information content (AvgIpc) is 2.39. The first kappa shape index (κ1) is 15.2. The number of unbranched alkanes of at least 4 members (excludes halogenated alkanes) is 4. The first-order valence-electron chi connectivity index (χ1n) is 7.28. The van der Waals surface area contributed by atoms with Crippen molar-refractivity contribution >= 4 is 0 Å². The van der Waals surface area contributed by atoms with Gasteiger partial charge in [-0.25, -0.2) is 0 Å². The van der Waals surface area contributed by atoms with Gasteiger partial charge >= 0.3 is 0 Å². The van der Waals surface area contributed by atoms with Crippen LogP contribution in [0.15, 0.2) is 24.3 Å². The maximum absolute atomic E-state index is 5.66. The zero-order chi connectivity index (χ0) is 13.2. The Balaban J connectivity index is 2.31. The van der Waals surface area contributed by atoms with Gasteiger partial charge in [-0.2, -0.15) is 0 Å². The van der Waals surface area contributed by atoms with Gasteiger partial charge in [-0.3, -0.25) is 11.3 Å². The third-order valence-corrected chi connectivity index (χ3v) is 3.62. The summed E-state index contributed by atoms with van der Waals surface area (Å²) in [5.41, 5.74) is 5.74. The topological polar surface area (TPSA) is 38.0 Å². The highest BCUT2D eigenvalue weighted by atomic mass is 15.2. The Hall–Kier alpha value is -0.860. The molecule has 1 aromatic carbocycles. The lowest BCUT2D eigenvalue weighted by Crippen LogP contribution is -2.36. The largest absolute Gasteiger partial charge is 0.271 e. The fraction of sp³-hybridized carbons (Fsp3) is 0.625. The number of hydrogen-bond donors (Lipinski definition) is 2. The summed E-state index contributed by atoms with van der Waals surface area (Å²) >= 11 is 0. The van der Waals surface area contributed by atoms with Crippen LogP contribution in [0.2, 0.25) is 0 Å². The van der Waals surface area contributed by atoms with E-state index in [0.29, 0.717) is 6.04 Å². The van der Waals surface area contributed by atoms with Gasteiger partial charge in [0.1, 0.15) is 0 Å². The number of hydrazine groups is 1. The van der Waals surface area contributed by atoms with Gasteiger partial charge in [0.25, 0.3) is 0 Å². The third-order valence-electron chi connectivity index (χ3n) is 3.62. The molecule has 3 N–H and O–H groups in total. The summed E-state index contributed by atoms with van der Waals surface area (Å²) in [4.78, 5) is 0. The highest BCUT2D eigenvalue weighted by molar-refractivity contribution is 5.26. The van der Waals surface area contributed by atoms with E-state index < -0.39 is 0 Å². The number of benzene rings is 1. The predicted octanol–water partition coefficient (Wildman–Crippen LogP) is 3.73. The predicted molar refractivity (Wildman–Crippen MR) is 79.4 cm³/mol. The maximum atomic E-state index is 5.66. The van der Waals surface area contributed by atoms with Crippen molar-refractivity contribution in [2.24, 2.45) is 5.84 Å². The minimum atomic E-state index is 0.410. The summed E-state index contributed by atoms with van der Waals surface area (Å²) < 4.78 is 0. The molecule has 1 rings (SSSR count). The van der Waals surface area contributed by atoms with Crippen molar-refractivity contribution in [3.63, 3.8) is 0 Å².